The lowest BCUT2D eigenvalue weighted by atomic mass is 10.2. The molecule has 0 fully saturated rings. The Morgan fingerprint density at radius 2 is 2.00 bits per heavy atom. The van der Waals surface area contributed by atoms with E-state index in [0.29, 0.717) is 18.7 Å². The minimum absolute atomic E-state index is 0.0643. The standard InChI is InChI=1S/C18H20N4OS/c1-21(2)16-5-3-14(4-6-16)18(23)19-9-11-22-10-7-17(20-22)15-8-12-24-13-15/h3-8,10,12-13H,9,11H2,1-2H3,(H,19,23). The van der Waals surface area contributed by atoms with Gasteiger partial charge in [-0.25, -0.2) is 0 Å². The van der Waals surface area contributed by atoms with Gasteiger partial charge in [-0.15, -0.1) is 0 Å². The summed E-state index contributed by atoms with van der Waals surface area (Å²) < 4.78 is 1.85. The van der Waals surface area contributed by atoms with Crippen LogP contribution in [0.15, 0.2) is 53.4 Å². The molecule has 24 heavy (non-hydrogen) atoms. The molecule has 1 amide bonds. The molecule has 5 nitrogen and oxygen atoms in total. The highest BCUT2D eigenvalue weighted by atomic mass is 32.1. The van der Waals surface area contributed by atoms with Crippen LogP contribution in [-0.4, -0.2) is 36.3 Å². The number of carbonyl (C=O) groups excluding carboxylic acids is 1. The molecule has 0 unspecified atom stereocenters. The van der Waals surface area contributed by atoms with Crippen LogP contribution in [0.25, 0.3) is 11.3 Å². The number of rotatable bonds is 6. The Morgan fingerprint density at radius 3 is 2.67 bits per heavy atom. The monoisotopic (exact) mass is 340 g/mol. The molecular weight excluding hydrogens is 320 g/mol. The van der Waals surface area contributed by atoms with E-state index in [1.54, 1.807) is 11.3 Å². The molecule has 0 atom stereocenters. The lowest BCUT2D eigenvalue weighted by Crippen LogP contribution is -2.27. The van der Waals surface area contributed by atoms with Gasteiger partial charge >= 0.3 is 0 Å². The predicted octanol–water partition coefficient (Wildman–Crippen LogP) is 3.11. The van der Waals surface area contributed by atoms with E-state index in [0.717, 1.165) is 16.9 Å². The molecule has 0 spiro atoms. The second-order valence-electron chi connectivity index (χ2n) is 5.67. The SMILES string of the molecule is CN(C)c1ccc(C(=O)NCCn2ccc(-c3ccsc3)n2)cc1. The summed E-state index contributed by atoms with van der Waals surface area (Å²) in [6.45, 7) is 1.19. The molecule has 6 heteroatoms. The van der Waals surface area contributed by atoms with Gasteiger partial charge in [0.25, 0.3) is 5.91 Å². The van der Waals surface area contributed by atoms with Gasteiger partial charge in [0.15, 0.2) is 0 Å². The van der Waals surface area contributed by atoms with E-state index in [2.05, 4.69) is 21.9 Å². The molecule has 3 aromatic rings. The zero-order valence-electron chi connectivity index (χ0n) is 13.8. The average Bonchev–Trinajstić information content (AvgIpc) is 3.26. The van der Waals surface area contributed by atoms with Crippen molar-refractivity contribution in [1.82, 2.24) is 15.1 Å². The van der Waals surface area contributed by atoms with Crippen molar-refractivity contribution in [3.8, 4) is 11.3 Å². The smallest absolute Gasteiger partial charge is 0.251 e. The van der Waals surface area contributed by atoms with E-state index in [1.807, 2.05) is 65.6 Å². The van der Waals surface area contributed by atoms with Gasteiger partial charge in [0.05, 0.1) is 12.2 Å². The van der Waals surface area contributed by atoms with Gasteiger partial charge in [-0.1, -0.05) is 0 Å². The van der Waals surface area contributed by atoms with Crippen molar-refractivity contribution in [1.29, 1.82) is 0 Å². The average molecular weight is 340 g/mol. The van der Waals surface area contributed by atoms with Crippen molar-refractivity contribution in [3.05, 3.63) is 58.9 Å². The van der Waals surface area contributed by atoms with Crippen molar-refractivity contribution < 1.29 is 4.79 Å². The Hall–Kier alpha value is -2.60. The normalized spacial score (nSPS) is 10.6. The fourth-order valence-electron chi connectivity index (χ4n) is 2.35. The molecule has 0 aliphatic rings. The van der Waals surface area contributed by atoms with Gasteiger partial charge in [0.1, 0.15) is 0 Å². The second-order valence-corrected chi connectivity index (χ2v) is 6.45. The highest BCUT2D eigenvalue weighted by Gasteiger charge is 2.06. The molecule has 0 aliphatic heterocycles. The number of thiophene rings is 1. The molecule has 2 heterocycles. The van der Waals surface area contributed by atoms with Crippen LogP contribution >= 0.6 is 11.3 Å². The first-order valence-electron chi connectivity index (χ1n) is 7.75. The minimum Gasteiger partial charge on any atom is -0.378 e. The molecule has 1 aromatic carbocycles. The molecule has 0 saturated carbocycles. The van der Waals surface area contributed by atoms with Crippen LogP contribution in [0.4, 0.5) is 5.69 Å². The molecular formula is C18H20N4OS. The van der Waals surface area contributed by atoms with E-state index in [1.165, 1.54) is 0 Å². The quantitative estimate of drug-likeness (QED) is 0.750. The fourth-order valence-corrected chi connectivity index (χ4v) is 3.00. The first-order chi connectivity index (χ1) is 11.6. The fraction of sp³-hybridized carbons (Fsp3) is 0.222. The topological polar surface area (TPSA) is 50.2 Å². The maximum absolute atomic E-state index is 12.2. The van der Waals surface area contributed by atoms with Gasteiger partial charge in [-0.2, -0.15) is 16.4 Å². The largest absolute Gasteiger partial charge is 0.378 e. The van der Waals surface area contributed by atoms with Crippen molar-refractivity contribution in [2.75, 3.05) is 25.5 Å². The highest BCUT2D eigenvalue weighted by molar-refractivity contribution is 7.08. The van der Waals surface area contributed by atoms with Crippen LogP contribution in [0.5, 0.6) is 0 Å². The van der Waals surface area contributed by atoms with Crippen molar-refractivity contribution in [2.45, 2.75) is 6.54 Å². The molecule has 0 bridgehead atoms. The van der Waals surface area contributed by atoms with Crippen molar-refractivity contribution in [3.63, 3.8) is 0 Å². The third-order valence-corrected chi connectivity index (χ3v) is 4.41. The van der Waals surface area contributed by atoms with Gasteiger partial charge in [-0.05, 0) is 41.8 Å². The third-order valence-electron chi connectivity index (χ3n) is 3.73. The minimum atomic E-state index is -0.0643. The van der Waals surface area contributed by atoms with Gasteiger partial charge in [0, 0.05) is 49.0 Å². The van der Waals surface area contributed by atoms with Crippen LogP contribution in [0.3, 0.4) is 0 Å². The Balaban J connectivity index is 1.52. The van der Waals surface area contributed by atoms with E-state index in [4.69, 9.17) is 0 Å². The Morgan fingerprint density at radius 1 is 1.21 bits per heavy atom. The number of hydrogen-bond acceptors (Lipinski definition) is 4. The van der Waals surface area contributed by atoms with E-state index >= 15 is 0 Å². The van der Waals surface area contributed by atoms with Crippen LogP contribution in [0.1, 0.15) is 10.4 Å². The maximum Gasteiger partial charge on any atom is 0.251 e. The van der Waals surface area contributed by atoms with Crippen LogP contribution < -0.4 is 10.2 Å². The number of nitrogens with zero attached hydrogens (tertiary/aromatic N) is 3. The molecule has 1 N–H and O–H groups in total. The molecule has 3 rings (SSSR count). The summed E-state index contributed by atoms with van der Waals surface area (Å²) in [5, 5.41) is 11.6. The maximum atomic E-state index is 12.2. The number of amides is 1. The zero-order valence-corrected chi connectivity index (χ0v) is 14.6. The molecule has 0 saturated heterocycles. The Kier molecular flexibility index (Phi) is 4.96. The summed E-state index contributed by atoms with van der Waals surface area (Å²) in [6.07, 6.45) is 1.94. The van der Waals surface area contributed by atoms with Crippen LogP contribution in [0, 0.1) is 0 Å². The van der Waals surface area contributed by atoms with Gasteiger partial charge < -0.3 is 10.2 Å². The number of carbonyl (C=O) groups is 1. The number of nitrogens with one attached hydrogen (secondary N) is 1. The summed E-state index contributed by atoms with van der Waals surface area (Å²) in [5.41, 5.74) is 3.83. The summed E-state index contributed by atoms with van der Waals surface area (Å²) in [5.74, 6) is -0.0643. The van der Waals surface area contributed by atoms with Crippen LogP contribution in [-0.2, 0) is 6.54 Å². The van der Waals surface area contributed by atoms with Crippen molar-refractivity contribution >= 4 is 22.9 Å². The lowest BCUT2D eigenvalue weighted by Gasteiger charge is -2.12. The first kappa shape index (κ1) is 16.3. The zero-order chi connectivity index (χ0) is 16.9. The summed E-state index contributed by atoms with van der Waals surface area (Å²) in [4.78, 5) is 14.2. The first-order valence-corrected chi connectivity index (χ1v) is 8.69. The third kappa shape index (κ3) is 3.83. The number of benzene rings is 1. The lowest BCUT2D eigenvalue weighted by molar-refractivity contribution is 0.0952. The highest BCUT2D eigenvalue weighted by Crippen LogP contribution is 2.19. The Bertz CT molecular complexity index is 791. The molecule has 0 aliphatic carbocycles. The summed E-state index contributed by atoms with van der Waals surface area (Å²) in [6, 6.07) is 11.6. The second kappa shape index (κ2) is 7.31. The summed E-state index contributed by atoms with van der Waals surface area (Å²) >= 11 is 1.66. The van der Waals surface area contributed by atoms with E-state index in [9.17, 15) is 4.79 Å². The van der Waals surface area contributed by atoms with Crippen LogP contribution in [0.2, 0.25) is 0 Å². The van der Waals surface area contributed by atoms with E-state index in [-0.39, 0.29) is 5.91 Å². The number of anilines is 1. The van der Waals surface area contributed by atoms with Gasteiger partial charge in [-0.3, -0.25) is 9.48 Å². The number of aromatic nitrogens is 2. The molecule has 2 aromatic heterocycles. The number of hydrogen-bond donors (Lipinski definition) is 1. The molecule has 124 valence electrons. The summed E-state index contributed by atoms with van der Waals surface area (Å²) in [7, 11) is 3.95. The van der Waals surface area contributed by atoms with Gasteiger partial charge in [0.2, 0.25) is 0 Å². The van der Waals surface area contributed by atoms with Crippen molar-refractivity contribution in [2.24, 2.45) is 0 Å². The van der Waals surface area contributed by atoms with E-state index < -0.39 is 0 Å². The Labute approximate surface area is 145 Å². The predicted molar refractivity (Wildman–Crippen MR) is 98.6 cm³/mol. The molecule has 0 radical (unpaired) electrons.